The topological polar surface area (TPSA) is 111 Å². The van der Waals surface area contributed by atoms with Crippen molar-refractivity contribution < 1.29 is 22.5 Å². The second-order valence-electron chi connectivity index (χ2n) is 6.58. The summed E-state index contributed by atoms with van der Waals surface area (Å²) in [6.45, 7) is 4.10. The number of hydrogen-bond acceptors (Lipinski definition) is 6. The molecule has 0 saturated carbocycles. The van der Waals surface area contributed by atoms with Crippen molar-refractivity contribution in [1.82, 2.24) is 9.88 Å². The maximum Gasteiger partial charge on any atom is 0.240 e. The van der Waals surface area contributed by atoms with Gasteiger partial charge in [-0.3, -0.25) is 4.79 Å². The summed E-state index contributed by atoms with van der Waals surface area (Å²) in [5.74, 6) is 0.202. The highest BCUT2D eigenvalue weighted by atomic mass is 32.2. The minimum absolute atomic E-state index is 0.0554. The highest BCUT2D eigenvalue weighted by Gasteiger charge is 2.20. The Morgan fingerprint density at radius 2 is 2.04 bits per heavy atom. The zero-order valence-corrected chi connectivity index (χ0v) is 16.6. The molecule has 0 radical (unpaired) electrons. The molecule has 1 aromatic heterocycles. The van der Waals surface area contributed by atoms with E-state index in [4.69, 9.17) is 9.26 Å². The Morgan fingerprint density at radius 1 is 1.29 bits per heavy atom. The molecule has 28 heavy (non-hydrogen) atoms. The minimum Gasteiger partial charge on any atom is -0.377 e. The quantitative estimate of drug-likeness (QED) is 0.732. The first kappa shape index (κ1) is 20.2. The number of sulfonamides is 1. The highest BCUT2D eigenvalue weighted by molar-refractivity contribution is 7.89. The van der Waals surface area contributed by atoms with Crippen LogP contribution >= 0.6 is 0 Å². The van der Waals surface area contributed by atoms with E-state index >= 15 is 0 Å². The molecule has 3 rings (SSSR count). The first-order valence-electron chi connectivity index (χ1n) is 8.98. The molecular formula is C19H23N3O5S. The molecule has 1 fully saturated rings. The Bertz CT molecular complexity index is 958. The van der Waals surface area contributed by atoms with Crippen LogP contribution in [0.5, 0.6) is 0 Å². The van der Waals surface area contributed by atoms with E-state index in [0.717, 1.165) is 18.4 Å². The lowest BCUT2D eigenvalue weighted by atomic mass is 10.2. The van der Waals surface area contributed by atoms with Gasteiger partial charge in [-0.15, -0.1) is 0 Å². The first-order valence-corrected chi connectivity index (χ1v) is 10.5. The Hall–Kier alpha value is -2.49. The van der Waals surface area contributed by atoms with Crippen molar-refractivity contribution >= 4 is 33.8 Å². The second kappa shape index (κ2) is 8.68. The normalized spacial score (nSPS) is 17.3. The monoisotopic (exact) mass is 405 g/mol. The SMILES string of the molecule is CC(=O)Nc1c(C)noc1C=Cc1ccc(S(=O)(=O)NCC2CCCO2)cc1. The van der Waals surface area contributed by atoms with E-state index in [2.05, 4.69) is 15.2 Å². The van der Waals surface area contributed by atoms with Crippen molar-refractivity contribution in [2.45, 2.75) is 37.7 Å². The Morgan fingerprint density at radius 3 is 2.68 bits per heavy atom. The van der Waals surface area contributed by atoms with Crippen LogP contribution in [0.25, 0.3) is 12.2 Å². The van der Waals surface area contributed by atoms with Gasteiger partial charge in [0.1, 0.15) is 11.4 Å². The zero-order valence-electron chi connectivity index (χ0n) is 15.8. The predicted octanol–water partition coefficient (Wildman–Crippen LogP) is 2.57. The van der Waals surface area contributed by atoms with Gasteiger partial charge in [0.25, 0.3) is 0 Å². The molecule has 1 atom stereocenters. The smallest absolute Gasteiger partial charge is 0.240 e. The van der Waals surface area contributed by atoms with Gasteiger partial charge in [0.05, 0.1) is 11.0 Å². The highest BCUT2D eigenvalue weighted by Crippen LogP contribution is 2.23. The third-order valence-corrected chi connectivity index (χ3v) is 5.77. The van der Waals surface area contributed by atoms with E-state index in [-0.39, 0.29) is 23.5 Å². The summed E-state index contributed by atoms with van der Waals surface area (Å²) in [5, 5.41) is 6.52. The lowest BCUT2D eigenvalue weighted by molar-refractivity contribution is -0.114. The van der Waals surface area contributed by atoms with Gasteiger partial charge in [-0.2, -0.15) is 0 Å². The largest absolute Gasteiger partial charge is 0.377 e. The molecule has 0 spiro atoms. The average molecular weight is 405 g/mol. The molecular weight excluding hydrogens is 382 g/mol. The standard InChI is InChI=1S/C19H23N3O5S/c1-13-19(21-14(2)23)18(27-22-13)10-7-15-5-8-17(9-6-15)28(24,25)20-12-16-4-3-11-26-16/h5-10,16,20H,3-4,11-12H2,1-2H3,(H,21,23). The molecule has 1 unspecified atom stereocenters. The van der Waals surface area contributed by atoms with Crippen LogP contribution in [0.15, 0.2) is 33.7 Å². The third-order valence-electron chi connectivity index (χ3n) is 4.33. The zero-order chi connectivity index (χ0) is 20.1. The number of hydrogen-bond donors (Lipinski definition) is 2. The number of nitrogens with one attached hydrogen (secondary N) is 2. The summed E-state index contributed by atoms with van der Waals surface area (Å²) >= 11 is 0. The van der Waals surface area contributed by atoms with Crippen LogP contribution in [0, 0.1) is 6.92 Å². The number of anilines is 1. The fourth-order valence-electron chi connectivity index (χ4n) is 2.85. The molecule has 150 valence electrons. The summed E-state index contributed by atoms with van der Waals surface area (Å²) in [5.41, 5.74) is 1.87. The van der Waals surface area contributed by atoms with E-state index < -0.39 is 10.0 Å². The van der Waals surface area contributed by atoms with Gasteiger partial charge < -0.3 is 14.6 Å². The van der Waals surface area contributed by atoms with Crippen LogP contribution in [0.4, 0.5) is 5.69 Å². The number of aromatic nitrogens is 1. The molecule has 1 aliphatic heterocycles. The van der Waals surface area contributed by atoms with Crippen LogP contribution in [-0.4, -0.2) is 38.7 Å². The number of amides is 1. The van der Waals surface area contributed by atoms with Crippen molar-refractivity contribution in [2.24, 2.45) is 0 Å². The fraction of sp³-hybridized carbons (Fsp3) is 0.368. The molecule has 1 saturated heterocycles. The molecule has 0 aliphatic carbocycles. The van der Waals surface area contributed by atoms with Gasteiger partial charge in [-0.1, -0.05) is 23.4 Å². The van der Waals surface area contributed by atoms with Gasteiger partial charge in [0.15, 0.2) is 5.76 Å². The predicted molar refractivity (Wildman–Crippen MR) is 105 cm³/mol. The molecule has 1 amide bonds. The summed E-state index contributed by atoms with van der Waals surface area (Å²) in [4.78, 5) is 11.5. The van der Waals surface area contributed by atoms with Crippen LogP contribution in [0.1, 0.15) is 36.8 Å². The van der Waals surface area contributed by atoms with E-state index in [1.165, 1.54) is 19.1 Å². The Labute approximate surface area is 164 Å². The minimum atomic E-state index is -3.58. The van der Waals surface area contributed by atoms with Crippen LogP contribution in [0.3, 0.4) is 0 Å². The molecule has 2 heterocycles. The number of carbonyl (C=O) groups is 1. The fourth-order valence-corrected chi connectivity index (χ4v) is 3.92. The lowest BCUT2D eigenvalue weighted by Crippen LogP contribution is -2.31. The first-order chi connectivity index (χ1) is 13.3. The molecule has 2 N–H and O–H groups in total. The van der Waals surface area contributed by atoms with E-state index in [9.17, 15) is 13.2 Å². The molecule has 8 nitrogen and oxygen atoms in total. The number of rotatable bonds is 7. The van der Waals surface area contributed by atoms with Crippen LogP contribution in [-0.2, 0) is 19.6 Å². The third kappa shape index (κ3) is 5.06. The molecule has 9 heteroatoms. The van der Waals surface area contributed by atoms with E-state index in [1.54, 1.807) is 31.2 Å². The summed E-state index contributed by atoms with van der Waals surface area (Å²) in [6.07, 6.45) is 5.20. The van der Waals surface area contributed by atoms with Gasteiger partial charge in [0, 0.05) is 20.1 Å². The lowest BCUT2D eigenvalue weighted by Gasteiger charge is -2.11. The average Bonchev–Trinajstić information content (AvgIpc) is 3.29. The van der Waals surface area contributed by atoms with E-state index in [1.807, 2.05) is 0 Å². The number of benzene rings is 1. The Balaban J connectivity index is 1.67. The van der Waals surface area contributed by atoms with Crippen molar-refractivity contribution in [3.63, 3.8) is 0 Å². The summed E-state index contributed by atoms with van der Waals surface area (Å²) in [7, 11) is -3.58. The van der Waals surface area contributed by atoms with Gasteiger partial charge >= 0.3 is 0 Å². The summed E-state index contributed by atoms with van der Waals surface area (Å²) < 4.78 is 38.0. The van der Waals surface area contributed by atoms with Crippen molar-refractivity contribution in [3.05, 3.63) is 41.3 Å². The number of carbonyl (C=O) groups excluding carboxylic acids is 1. The van der Waals surface area contributed by atoms with Crippen molar-refractivity contribution in [3.8, 4) is 0 Å². The van der Waals surface area contributed by atoms with Gasteiger partial charge in [0.2, 0.25) is 15.9 Å². The van der Waals surface area contributed by atoms with Crippen LogP contribution in [0.2, 0.25) is 0 Å². The summed E-state index contributed by atoms with van der Waals surface area (Å²) in [6, 6.07) is 6.46. The van der Waals surface area contributed by atoms with Gasteiger partial charge in [-0.05, 0) is 43.5 Å². The van der Waals surface area contributed by atoms with Crippen LogP contribution < -0.4 is 10.0 Å². The van der Waals surface area contributed by atoms with Crippen molar-refractivity contribution in [2.75, 3.05) is 18.5 Å². The van der Waals surface area contributed by atoms with E-state index in [0.29, 0.717) is 23.7 Å². The number of nitrogens with zero attached hydrogens (tertiary/aromatic N) is 1. The molecule has 1 aromatic carbocycles. The molecule has 2 aromatic rings. The molecule has 1 aliphatic rings. The number of aryl methyl sites for hydroxylation is 1. The van der Waals surface area contributed by atoms with Crippen molar-refractivity contribution in [1.29, 1.82) is 0 Å². The molecule has 0 bridgehead atoms. The number of ether oxygens (including phenoxy) is 1. The van der Waals surface area contributed by atoms with Gasteiger partial charge in [-0.25, -0.2) is 13.1 Å². The Kier molecular flexibility index (Phi) is 6.28. The maximum absolute atomic E-state index is 12.4. The second-order valence-corrected chi connectivity index (χ2v) is 8.34. The maximum atomic E-state index is 12.4.